The second-order valence-electron chi connectivity index (χ2n) is 3.13. The van der Waals surface area contributed by atoms with Crippen LogP contribution in [0.25, 0.3) is 0 Å². The van der Waals surface area contributed by atoms with E-state index in [1.165, 1.54) is 6.92 Å². The van der Waals surface area contributed by atoms with Gasteiger partial charge in [0.25, 0.3) is 0 Å². The van der Waals surface area contributed by atoms with Crippen LogP contribution in [0.2, 0.25) is 0 Å². The molecule has 0 bridgehead atoms. The van der Waals surface area contributed by atoms with Crippen LogP contribution < -0.4 is 5.32 Å². The van der Waals surface area contributed by atoms with Crippen molar-refractivity contribution in [1.29, 1.82) is 0 Å². The van der Waals surface area contributed by atoms with E-state index in [1.54, 1.807) is 0 Å². The Kier molecular flexibility index (Phi) is 2.68. The number of nitrogens with one attached hydrogen (secondary N) is 1. The fourth-order valence-corrected chi connectivity index (χ4v) is 1.20. The summed E-state index contributed by atoms with van der Waals surface area (Å²) in [4.78, 5) is 21.4. The topological polar surface area (TPSA) is 55.4 Å². The van der Waals surface area contributed by atoms with Gasteiger partial charge in [0.15, 0.2) is 0 Å². The molecule has 2 atom stereocenters. The maximum Gasteiger partial charge on any atom is 0.309 e. The van der Waals surface area contributed by atoms with Crippen LogP contribution in [0.5, 0.6) is 0 Å². The van der Waals surface area contributed by atoms with Crippen molar-refractivity contribution in [3.05, 3.63) is 0 Å². The lowest BCUT2D eigenvalue weighted by molar-refractivity contribution is -0.144. The summed E-state index contributed by atoms with van der Waals surface area (Å²) >= 11 is 0. The van der Waals surface area contributed by atoms with Gasteiger partial charge in [-0.3, -0.25) is 9.59 Å². The molecule has 2 unspecified atom stereocenters. The molecule has 1 aliphatic rings. The number of hydrogen-bond acceptors (Lipinski definition) is 3. The molecule has 0 saturated carbocycles. The molecule has 1 fully saturated rings. The summed E-state index contributed by atoms with van der Waals surface area (Å²) in [5.74, 6) is -0.278. The molecule has 0 aromatic heterocycles. The predicted octanol–water partition coefficient (Wildman–Crippen LogP) is 0.0741. The summed E-state index contributed by atoms with van der Waals surface area (Å²) in [6.07, 6.45) is 0.579. The van der Waals surface area contributed by atoms with Gasteiger partial charge >= 0.3 is 5.97 Å². The van der Waals surface area contributed by atoms with Crippen LogP contribution >= 0.6 is 0 Å². The molecular formula is C8H13NO3. The highest BCUT2D eigenvalue weighted by atomic mass is 16.6. The van der Waals surface area contributed by atoms with Crippen LogP contribution in [0.15, 0.2) is 0 Å². The monoisotopic (exact) mass is 171 g/mol. The fraction of sp³-hybridized carbons (Fsp3) is 0.750. The van der Waals surface area contributed by atoms with E-state index in [2.05, 4.69) is 5.32 Å². The predicted molar refractivity (Wildman–Crippen MR) is 42.3 cm³/mol. The third-order valence-electron chi connectivity index (χ3n) is 1.88. The van der Waals surface area contributed by atoms with Crippen molar-refractivity contribution < 1.29 is 14.3 Å². The zero-order valence-electron chi connectivity index (χ0n) is 7.29. The van der Waals surface area contributed by atoms with Gasteiger partial charge < -0.3 is 10.1 Å². The van der Waals surface area contributed by atoms with Gasteiger partial charge in [0.05, 0.1) is 12.5 Å². The van der Waals surface area contributed by atoms with Crippen molar-refractivity contribution >= 4 is 11.9 Å². The number of esters is 1. The Morgan fingerprint density at radius 3 is 2.83 bits per heavy atom. The minimum absolute atomic E-state index is 0.0243. The highest BCUT2D eigenvalue weighted by molar-refractivity contribution is 5.75. The lowest BCUT2D eigenvalue weighted by Gasteiger charge is -2.08. The van der Waals surface area contributed by atoms with Gasteiger partial charge in [0, 0.05) is 6.92 Å². The van der Waals surface area contributed by atoms with E-state index in [9.17, 15) is 9.59 Å². The third-order valence-corrected chi connectivity index (χ3v) is 1.88. The van der Waals surface area contributed by atoms with Crippen molar-refractivity contribution in [3.63, 3.8) is 0 Å². The van der Waals surface area contributed by atoms with Gasteiger partial charge in [-0.1, -0.05) is 6.92 Å². The highest BCUT2D eigenvalue weighted by Crippen LogP contribution is 2.19. The van der Waals surface area contributed by atoms with E-state index in [1.807, 2.05) is 6.92 Å². The molecule has 1 N–H and O–H groups in total. The van der Waals surface area contributed by atoms with Crippen LogP contribution in [-0.4, -0.2) is 24.5 Å². The smallest absolute Gasteiger partial charge is 0.309 e. The molecule has 4 heteroatoms. The summed E-state index contributed by atoms with van der Waals surface area (Å²) in [7, 11) is 0. The number of rotatable bonds is 2. The molecule has 0 spiro atoms. The lowest BCUT2D eigenvalue weighted by atomic mass is 10.1. The summed E-state index contributed by atoms with van der Waals surface area (Å²) in [5, 5.41) is 2.61. The Morgan fingerprint density at radius 2 is 2.42 bits per heavy atom. The zero-order valence-corrected chi connectivity index (χ0v) is 7.29. The molecule has 1 aliphatic heterocycles. The minimum atomic E-state index is -0.162. The van der Waals surface area contributed by atoms with Crippen molar-refractivity contribution in [3.8, 4) is 0 Å². The number of amides is 1. The van der Waals surface area contributed by atoms with Gasteiger partial charge in [-0.2, -0.15) is 0 Å². The second-order valence-corrected chi connectivity index (χ2v) is 3.13. The molecule has 1 amide bonds. The summed E-state index contributed by atoms with van der Waals surface area (Å²) < 4.78 is 4.97. The zero-order chi connectivity index (χ0) is 9.14. The van der Waals surface area contributed by atoms with Crippen LogP contribution in [0.3, 0.4) is 0 Å². The van der Waals surface area contributed by atoms with Crippen LogP contribution in [0.1, 0.15) is 20.3 Å². The van der Waals surface area contributed by atoms with Crippen LogP contribution in [-0.2, 0) is 14.3 Å². The van der Waals surface area contributed by atoms with Crippen molar-refractivity contribution in [1.82, 2.24) is 5.32 Å². The van der Waals surface area contributed by atoms with E-state index in [0.29, 0.717) is 13.0 Å². The number of cyclic esters (lactones) is 1. The van der Waals surface area contributed by atoms with Gasteiger partial charge in [-0.15, -0.1) is 0 Å². The largest absolute Gasteiger partial charge is 0.460 e. The normalized spacial score (nSPS) is 28.3. The van der Waals surface area contributed by atoms with E-state index in [-0.39, 0.29) is 23.9 Å². The minimum Gasteiger partial charge on any atom is -0.460 e. The highest BCUT2D eigenvalue weighted by Gasteiger charge is 2.30. The Hall–Kier alpha value is -1.06. The molecule has 1 saturated heterocycles. The van der Waals surface area contributed by atoms with Crippen LogP contribution in [0, 0.1) is 5.92 Å². The van der Waals surface area contributed by atoms with Crippen molar-refractivity contribution in [2.24, 2.45) is 5.92 Å². The number of carbonyl (C=O) groups excluding carboxylic acids is 2. The van der Waals surface area contributed by atoms with Gasteiger partial charge in [-0.25, -0.2) is 0 Å². The first-order chi connectivity index (χ1) is 5.59. The number of ether oxygens (including phenoxy) is 1. The lowest BCUT2D eigenvalue weighted by Crippen LogP contribution is -2.30. The first-order valence-electron chi connectivity index (χ1n) is 4.04. The van der Waals surface area contributed by atoms with Crippen molar-refractivity contribution in [2.45, 2.75) is 26.4 Å². The van der Waals surface area contributed by atoms with Gasteiger partial charge in [-0.05, 0) is 6.42 Å². The summed E-state index contributed by atoms with van der Waals surface area (Å²) in [6.45, 7) is 3.71. The Balaban J connectivity index is 2.28. The fourth-order valence-electron chi connectivity index (χ4n) is 1.20. The SMILES string of the molecule is CC(=O)NCC1CC(C)C(=O)O1. The molecule has 0 aliphatic carbocycles. The van der Waals surface area contributed by atoms with Crippen molar-refractivity contribution in [2.75, 3.05) is 6.54 Å². The molecule has 12 heavy (non-hydrogen) atoms. The Bertz CT molecular complexity index is 202. The first kappa shape index (κ1) is 9.03. The maximum atomic E-state index is 10.9. The third kappa shape index (κ3) is 2.22. The summed E-state index contributed by atoms with van der Waals surface area (Å²) in [6, 6.07) is 0. The number of hydrogen-bond donors (Lipinski definition) is 1. The van der Waals surface area contributed by atoms with E-state index < -0.39 is 0 Å². The van der Waals surface area contributed by atoms with E-state index >= 15 is 0 Å². The van der Waals surface area contributed by atoms with Crippen LogP contribution in [0.4, 0.5) is 0 Å². The average molecular weight is 171 g/mol. The maximum absolute atomic E-state index is 10.9. The molecule has 4 nitrogen and oxygen atoms in total. The van der Waals surface area contributed by atoms with Gasteiger partial charge in [0.2, 0.25) is 5.91 Å². The van der Waals surface area contributed by atoms with Gasteiger partial charge in [0.1, 0.15) is 6.10 Å². The van der Waals surface area contributed by atoms with E-state index in [0.717, 1.165) is 0 Å². The standard InChI is InChI=1S/C8H13NO3/c1-5-3-7(12-8(5)11)4-9-6(2)10/h5,7H,3-4H2,1-2H3,(H,9,10). The molecule has 0 aromatic rings. The molecule has 68 valence electrons. The average Bonchev–Trinajstić information content (AvgIpc) is 2.28. The molecule has 0 aromatic carbocycles. The summed E-state index contributed by atoms with van der Waals surface area (Å²) in [5.41, 5.74) is 0. The van der Waals surface area contributed by atoms with E-state index in [4.69, 9.17) is 4.74 Å². The molecular weight excluding hydrogens is 158 g/mol. The second kappa shape index (κ2) is 3.56. The quantitative estimate of drug-likeness (QED) is 0.598. The number of carbonyl (C=O) groups is 2. The Labute approximate surface area is 71.3 Å². The molecule has 0 radical (unpaired) electrons. The first-order valence-corrected chi connectivity index (χ1v) is 4.04. The molecule has 1 heterocycles. The molecule has 1 rings (SSSR count). The Morgan fingerprint density at radius 1 is 1.75 bits per heavy atom.